The molecule has 0 aromatic carbocycles. The van der Waals surface area contributed by atoms with Gasteiger partial charge >= 0.3 is 0 Å². The van der Waals surface area contributed by atoms with Crippen molar-refractivity contribution in [3.8, 4) is 0 Å². The Kier molecular flexibility index (Phi) is 3.42. The first-order valence-corrected chi connectivity index (χ1v) is 5.33. The lowest BCUT2D eigenvalue weighted by Gasteiger charge is -2.12. The van der Waals surface area contributed by atoms with Crippen LogP contribution in [0.5, 0.6) is 0 Å². The van der Waals surface area contributed by atoms with E-state index < -0.39 is 0 Å². The fraction of sp³-hybridized carbons (Fsp3) is 0.600. The van der Waals surface area contributed by atoms with E-state index in [0.29, 0.717) is 11.8 Å². The van der Waals surface area contributed by atoms with Crippen LogP contribution in [0.25, 0.3) is 0 Å². The molecular weight excluding hydrogens is 228 g/mol. The molecule has 2 nitrogen and oxygen atoms in total. The standard InChI is InChI=1S/C10H15BrN2/c1-6(2)9-8(11)10(7(3)4)13-5-12-9/h5-7H,1-4H3. The largest absolute Gasteiger partial charge is 0.240 e. The molecule has 0 aliphatic carbocycles. The van der Waals surface area contributed by atoms with Crippen molar-refractivity contribution >= 4 is 15.9 Å². The number of rotatable bonds is 2. The summed E-state index contributed by atoms with van der Waals surface area (Å²) in [6.45, 7) is 8.54. The molecule has 0 spiro atoms. The predicted molar refractivity (Wildman–Crippen MR) is 57.9 cm³/mol. The molecule has 1 heterocycles. The summed E-state index contributed by atoms with van der Waals surface area (Å²) in [5, 5.41) is 0. The van der Waals surface area contributed by atoms with Gasteiger partial charge in [-0.25, -0.2) is 9.97 Å². The van der Waals surface area contributed by atoms with Crippen LogP contribution in [0.2, 0.25) is 0 Å². The van der Waals surface area contributed by atoms with Crippen molar-refractivity contribution in [2.24, 2.45) is 0 Å². The summed E-state index contributed by atoms with van der Waals surface area (Å²) < 4.78 is 1.07. The Morgan fingerprint density at radius 2 is 1.38 bits per heavy atom. The summed E-state index contributed by atoms with van der Waals surface area (Å²) >= 11 is 3.56. The highest BCUT2D eigenvalue weighted by Crippen LogP contribution is 2.28. The summed E-state index contributed by atoms with van der Waals surface area (Å²) in [5.41, 5.74) is 2.19. The predicted octanol–water partition coefficient (Wildman–Crippen LogP) is 3.49. The normalized spacial score (nSPS) is 11.3. The van der Waals surface area contributed by atoms with Gasteiger partial charge in [-0.05, 0) is 27.8 Å². The second-order valence-electron chi connectivity index (χ2n) is 3.77. The van der Waals surface area contributed by atoms with Gasteiger partial charge in [0.25, 0.3) is 0 Å². The van der Waals surface area contributed by atoms with Gasteiger partial charge < -0.3 is 0 Å². The monoisotopic (exact) mass is 242 g/mol. The highest BCUT2D eigenvalue weighted by molar-refractivity contribution is 9.10. The smallest absolute Gasteiger partial charge is 0.116 e. The highest BCUT2D eigenvalue weighted by Gasteiger charge is 2.13. The minimum Gasteiger partial charge on any atom is -0.240 e. The molecule has 0 fully saturated rings. The van der Waals surface area contributed by atoms with Crippen LogP contribution < -0.4 is 0 Å². The van der Waals surface area contributed by atoms with Crippen LogP contribution in [0.15, 0.2) is 10.8 Å². The lowest BCUT2D eigenvalue weighted by Crippen LogP contribution is -2.02. The maximum absolute atomic E-state index is 4.26. The maximum Gasteiger partial charge on any atom is 0.116 e. The lowest BCUT2D eigenvalue weighted by molar-refractivity contribution is 0.755. The number of aromatic nitrogens is 2. The number of hydrogen-bond donors (Lipinski definition) is 0. The zero-order chi connectivity index (χ0) is 10.0. The summed E-state index contributed by atoms with van der Waals surface area (Å²) in [4.78, 5) is 8.53. The molecular formula is C10H15BrN2. The molecule has 1 aromatic rings. The first-order chi connectivity index (χ1) is 6.04. The summed E-state index contributed by atoms with van der Waals surface area (Å²) in [7, 11) is 0. The Morgan fingerprint density at radius 3 is 1.69 bits per heavy atom. The van der Waals surface area contributed by atoms with E-state index in [9.17, 15) is 0 Å². The summed E-state index contributed by atoms with van der Waals surface area (Å²) in [6, 6.07) is 0. The van der Waals surface area contributed by atoms with Crippen LogP contribution >= 0.6 is 15.9 Å². The molecule has 0 atom stereocenters. The van der Waals surface area contributed by atoms with Crippen molar-refractivity contribution in [1.82, 2.24) is 9.97 Å². The van der Waals surface area contributed by atoms with Gasteiger partial charge in [0.1, 0.15) is 6.33 Å². The van der Waals surface area contributed by atoms with Crippen molar-refractivity contribution in [3.05, 3.63) is 22.2 Å². The highest BCUT2D eigenvalue weighted by atomic mass is 79.9. The van der Waals surface area contributed by atoms with Gasteiger partial charge in [-0.15, -0.1) is 0 Å². The SMILES string of the molecule is CC(C)c1ncnc(C(C)C)c1Br. The summed E-state index contributed by atoms with van der Waals surface area (Å²) in [6.07, 6.45) is 1.65. The molecule has 3 heteroatoms. The number of nitrogens with zero attached hydrogens (tertiary/aromatic N) is 2. The summed E-state index contributed by atoms with van der Waals surface area (Å²) in [5.74, 6) is 0.879. The molecule has 0 unspecified atom stereocenters. The Balaban J connectivity index is 3.18. The van der Waals surface area contributed by atoms with E-state index in [-0.39, 0.29) is 0 Å². The van der Waals surface area contributed by atoms with Crippen LogP contribution in [-0.2, 0) is 0 Å². The second kappa shape index (κ2) is 4.18. The van der Waals surface area contributed by atoms with Crippen LogP contribution in [-0.4, -0.2) is 9.97 Å². The third-order valence-electron chi connectivity index (χ3n) is 1.94. The fourth-order valence-corrected chi connectivity index (χ4v) is 2.32. The molecule has 0 N–H and O–H groups in total. The molecule has 0 saturated heterocycles. The molecule has 0 radical (unpaired) electrons. The Labute approximate surface area is 87.9 Å². The van der Waals surface area contributed by atoms with Crippen molar-refractivity contribution in [2.45, 2.75) is 39.5 Å². The third-order valence-corrected chi connectivity index (χ3v) is 2.75. The van der Waals surface area contributed by atoms with E-state index in [1.165, 1.54) is 0 Å². The number of hydrogen-bond acceptors (Lipinski definition) is 2. The van der Waals surface area contributed by atoms with Crippen molar-refractivity contribution in [2.75, 3.05) is 0 Å². The van der Waals surface area contributed by atoms with Gasteiger partial charge in [0.05, 0.1) is 15.9 Å². The van der Waals surface area contributed by atoms with E-state index in [0.717, 1.165) is 15.9 Å². The fourth-order valence-electron chi connectivity index (χ4n) is 1.20. The van der Waals surface area contributed by atoms with Gasteiger partial charge in [-0.1, -0.05) is 27.7 Å². The van der Waals surface area contributed by atoms with E-state index in [2.05, 4.69) is 53.6 Å². The van der Waals surface area contributed by atoms with Crippen molar-refractivity contribution in [1.29, 1.82) is 0 Å². The first-order valence-electron chi connectivity index (χ1n) is 4.54. The maximum atomic E-state index is 4.26. The van der Waals surface area contributed by atoms with Crippen LogP contribution in [0.1, 0.15) is 50.9 Å². The van der Waals surface area contributed by atoms with Gasteiger partial charge in [-0.3, -0.25) is 0 Å². The lowest BCUT2D eigenvalue weighted by atomic mass is 10.1. The van der Waals surface area contributed by atoms with E-state index in [4.69, 9.17) is 0 Å². The minimum absolute atomic E-state index is 0.440. The molecule has 0 saturated carbocycles. The minimum atomic E-state index is 0.440. The van der Waals surface area contributed by atoms with E-state index in [1.807, 2.05) is 0 Å². The van der Waals surface area contributed by atoms with Gasteiger partial charge in [0, 0.05) is 0 Å². The Hall–Kier alpha value is -0.440. The topological polar surface area (TPSA) is 25.8 Å². The molecule has 1 rings (SSSR count). The van der Waals surface area contributed by atoms with Crippen LogP contribution in [0, 0.1) is 0 Å². The zero-order valence-corrected chi connectivity index (χ0v) is 10.1. The third kappa shape index (κ3) is 2.27. The molecule has 72 valence electrons. The van der Waals surface area contributed by atoms with E-state index >= 15 is 0 Å². The van der Waals surface area contributed by atoms with Gasteiger partial charge in [-0.2, -0.15) is 0 Å². The zero-order valence-electron chi connectivity index (χ0n) is 8.50. The molecule has 0 bridgehead atoms. The first kappa shape index (κ1) is 10.6. The molecule has 0 amide bonds. The molecule has 13 heavy (non-hydrogen) atoms. The Bertz CT molecular complexity index is 269. The van der Waals surface area contributed by atoms with Crippen molar-refractivity contribution in [3.63, 3.8) is 0 Å². The average Bonchev–Trinajstić information content (AvgIpc) is 2.03. The Morgan fingerprint density at radius 1 is 1.00 bits per heavy atom. The van der Waals surface area contributed by atoms with Crippen LogP contribution in [0.4, 0.5) is 0 Å². The second-order valence-corrected chi connectivity index (χ2v) is 4.56. The van der Waals surface area contributed by atoms with Gasteiger partial charge in [0.2, 0.25) is 0 Å². The molecule has 1 aromatic heterocycles. The van der Waals surface area contributed by atoms with Gasteiger partial charge in [0.15, 0.2) is 0 Å². The molecule has 0 aliphatic heterocycles. The average molecular weight is 243 g/mol. The molecule has 0 aliphatic rings. The number of halogens is 1. The van der Waals surface area contributed by atoms with E-state index in [1.54, 1.807) is 6.33 Å². The van der Waals surface area contributed by atoms with Crippen molar-refractivity contribution < 1.29 is 0 Å². The van der Waals surface area contributed by atoms with Crippen LogP contribution in [0.3, 0.4) is 0 Å². The quantitative estimate of drug-likeness (QED) is 0.794.